The van der Waals surface area contributed by atoms with E-state index < -0.39 is 0 Å². The van der Waals surface area contributed by atoms with Crippen LogP contribution in [0.25, 0.3) is 0 Å². The van der Waals surface area contributed by atoms with E-state index in [4.69, 9.17) is 23.2 Å². The zero-order valence-electron chi connectivity index (χ0n) is 16.2. The molecule has 4 nitrogen and oxygen atoms in total. The summed E-state index contributed by atoms with van der Waals surface area (Å²) < 4.78 is 0. The van der Waals surface area contributed by atoms with Gasteiger partial charge in [0.05, 0.1) is 15.5 Å². The Morgan fingerprint density at radius 3 is 2.38 bits per heavy atom. The molecule has 2 saturated heterocycles. The molecule has 29 heavy (non-hydrogen) atoms. The summed E-state index contributed by atoms with van der Waals surface area (Å²) in [5.41, 5.74) is 2.22. The third-order valence-electron chi connectivity index (χ3n) is 5.79. The SMILES string of the molecule is Cc1ccccc1C(=O)N1CCC2(CC1)SCCN2C(=O)c1ccc(Cl)cc1Cl. The number of likely N-dealkylation sites (tertiary alicyclic amines) is 1. The standard InChI is InChI=1S/C22H22Cl2N2O2S/c1-15-4-2-3-5-17(15)20(27)25-10-8-22(9-11-25)26(12-13-29-22)21(28)18-7-6-16(23)14-19(18)24/h2-7,14H,8-13H2,1H3. The van der Waals surface area contributed by atoms with Gasteiger partial charge >= 0.3 is 0 Å². The second-order valence-corrected chi connectivity index (χ2v) is 9.78. The molecule has 7 heteroatoms. The second-order valence-electron chi connectivity index (χ2n) is 7.48. The molecule has 2 aliphatic rings. The summed E-state index contributed by atoms with van der Waals surface area (Å²) in [7, 11) is 0. The van der Waals surface area contributed by atoms with E-state index in [2.05, 4.69) is 0 Å². The Kier molecular flexibility index (Phi) is 5.83. The van der Waals surface area contributed by atoms with Crippen molar-refractivity contribution in [2.75, 3.05) is 25.4 Å². The lowest BCUT2D eigenvalue weighted by Gasteiger charge is -2.44. The fourth-order valence-electron chi connectivity index (χ4n) is 4.16. The molecule has 2 aromatic rings. The van der Waals surface area contributed by atoms with E-state index >= 15 is 0 Å². The van der Waals surface area contributed by atoms with Crippen molar-refractivity contribution in [3.63, 3.8) is 0 Å². The first kappa shape index (κ1) is 20.6. The number of rotatable bonds is 2. The normalized spacial score (nSPS) is 18.3. The summed E-state index contributed by atoms with van der Waals surface area (Å²) in [6.45, 7) is 3.92. The van der Waals surface area contributed by atoms with E-state index in [1.807, 2.05) is 52.8 Å². The van der Waals surface area contributed by atoms with E-state index in [0.29, 0.717) is 35.2 Å². The number of carbonyl (C=O) groups is 2. The number of carbonyl (C=O) groups excluding carboxylic acids is 2. The Bertz CT molecular complexity index is 958. The van der Waals surface area contributed by atoms with Crippen LogP contribution in [0, 0.1) is 6.92 Å². The van der Waals surface area contributed by atoms with Crippen LogP contribution in [0.4, 0.5) is 0 Å². The first-order chi connectivity index (χ1) is 13.9. The molecular weight excluding hydrogens is 427 g/mol. The third kappa shape index (κ3) is 3.88. The van der Waals surface area contributed by atoms with Gasteiger partial charge in [-0.2, -0.15) is 0 Å². The van der Waals surface area contributed by atoms with Crippen LogP contribution < -0.4 is 0 Å². The molecule has 0 bridgehead atoms. The Balaban J connectivity index is 1.50. The number of hydrogen-bond donors (Lipinski definition) is 0. The maximum atomic E-state index is 13.2. The highest BCUT2D eigenvalue weighted by atomic mass is 35.5. The number of benzene rings is 2. The van der Waals surface area contributed by atoms with Gasteiger partial charge < -0.3 is 9.80 Å². The van der Waals surface area contributed by atoms with Crippen LogP contribution in [-0.2, 0) is 0 Å². The lowest BCUT2D eigenvalue weighted by molar-refractivity contribution is 0.0497. The van der Waals surface area contributed by atoms with Crippen molar-refractivity contribution >= 4 is 46.8 Å². The Morgan fingerprint density at radius 1 is 0.966 bits per heavy atom. The zero-order chi connectivity index (χ0) is 20.6. The number of amides is 2. The minimum atomic E-state index is -0.275. The van der Waals surface area contributed by atoms with Crippen LogP contribution >= 0.6 is 35.0 Å². The number of aryl methyl sites for hydroxylation is 1. The van der Waals surface area contributed by atoms with Crippen LogP contribution in [0.2, 0.25) is 10.0 Å². The average Bonchev–Trinajstić information content (AvgIpc) is 3.11. The monoisotopic (exact) mass is 448 g/mol. The maximum Gasteiger partial charge on any atom is 0.256 e. The summed E-state index contributed by atoms with van der Waals surface area (Å²) in [5.74, 6) is 0.901. The van der Waals surface area contributed by atoms with Gasteiger partial charge in [0.15, 0.2) is 0 Å². The summed E-state index contributed by atoms with van der Waals surface area (Å²) >= 11 is 14.1. The van der Waals surface area contributed by atoms with Gasteiger partial charge in [0.1, 0.15) is 0 Å². The van der Waals surface area contributed by atoms with Crippen molar-refractivity contribution in [2.24, 2.45) is 0 Å². The van der Waals surface area contributed by atoms with Gasteiger partial charge in [-0.25, -0.2) is 0 Å². The Labute approximate surface area is 185 Å². The minimum Gasteiger partial charge on any atom is -0.338 e. The topological polar surface area (TPSA) is 40.6 Å². The van der Waals surface area contributed by atoms with Gasteiger partial charge in [-0.3, -0.25) is 9.59 Å². The molecular formula is C22H22Cl2N2O2S. The van der Waals surface area contributed by atoms with Crippen LogP contribution in [0.15, 0.2) is 42.5 Å². The van der Waals surface area contributed by atoms with E-state index in [-0.39, 0.29) is 16.7 Å². The molecule has 0 radical (unpaired) electrons. The number of halogens is 2. The zero-order valence-corrected chi connectivity index (χ0v) is 18.5. The minimum absolute atomic E-state index is 0.0599. The molecule has 0 saturated carbocycles. The molecule has 0 aliphatic carbocycles. The first-order valence-corrected chi connectivity index (χ1v) is 11.4. The van der Waals surface area contributed by atoms with Gasteiger partial charge in [-0.05, 0) is 49.6 Å². The quantitative estimate of drug-likeness (QED) is 0.639. The fourth-order valence-corrected chi connectivity index (χ4v) is 6.10. The predicted molar refractivity (Wildman–Crippen MR) is 119 cm³/mol. The Hall–Kier alpha value is -1.69. The summed E-state index contributed by atoms with van der Waals surface area (Å²) in [4.78, 5) is 29.8. The smallest absolute Gasteiger partial charge is 0.256 e. The van der Waals surface area contributed by atoms with Gasteiger partial charge in [-0.15, -0.1) is 11.8 Å². The van der Waals surface area contributed by atoms with E-state index in [9.17, 15) is 9.59 Å². The van der Waals surface area contributed by atoms with Gasteiger partial charge in [0, 0.05) is 36.0 Å². The van der Waals surface area contributed by atoms with Crippen molar-refractivity contribution in [2.45, 2.75) is 24.6 Å². The van der Waals surface area contributed by atoms with Crippen LogP contribution in [-0.4, -0.2) is 51.9 Å². The Morgan fingerprint density at radius 2 is 1.69 bits per heavy atom. The van der Waals surface area contributed by atoms with Crippen molar-refractivity contribution in [1.29, 1.82) is 0 Å². The molecule has 2 heterocycles. The fraction of sp³-hybridized carbons (Fsp3) is 0.364. The second kappa shape index (κ2) is 8.21. The molecule has 0 atom stereocenters. The molecule has 152 valence electrons. The van der Waals surface area contributed by atoms with Crippen molar-refractivity contribution in [3.05, 3.63) is 69.2 Å². The maximum absolute atomic E-state index is 13.2. The lowest BCUT2D eigenvalue weighted by Crippen LogP contribution is -2.53. The third-order valence-corrected chi connectivity index (χ3v) is 7.89. The highest BCUT2D eigenvalue weighted by molar-refractivity contribution is 8.00. The van der Waals surface area contributed by atoms with Gasteiger partial charge in [-0.1, -0.05) is 41.4 Å². The van der Waals surface area contributed by atoms with E-state index in [1.54, 1.807) is 18.2 Å². The highest BCUT2D eigenvalue weighted by Gasteiger charge is 2.47. The molecule has 2 amide bonds. The lowest BCUT2D eigenvalue weighted by atomic mass is 9.99. The molecule has 1 spiro atoms. The first-order valence-electron chi connectivity index (χ1n) is 9.67. The largest absolute Gasteiger partial charge is 0.338 e. The van der Waals surface area contributed by atoms with Crippen LogP contribution in [0.5, 0.6) is 0 Å². The summed E-state index contributed by atoms with van der Waals surface area (Å²) in [6, 6.07) is 12.7. The summed E-state index contributed by atoms with van der Waals surface area (Å²) in [6.07, 6.45) is 1.51. The number of hydrogen-bond acceptors (Lipinski definition) is 3. The highest BCUT2D eigenvalue weighted by Crippen LogP contribution is 2.45. The van der Waals surface area contributed by atoms with Crippen LogP contribution in [0.3, 0.4) is 0 Å². The number of piperidine rings is 1. The average molecular weight is 449 g/mol. The molecule has 0 aromatic heterocycles. The van der Waals surface area contributed by atoms with E-state index in [0.717, 1.165) is 29.7 Å². The molecule has 2 fully saturated rings. The summed E-state index contributed by atoms with van der Waals surface area (Å²) in [5, 5.41) is 0.891. The van der Waals surface area contributed by atoms with Crippen LogP contribution in [0.1, 0.15) is 39.1 Å². The van der Waals surface area contributed by atoms with Crippen molar-refractivity contribution in [3.8, 4) is 0 Å². The number of thioether (sulfide) groups is 1. The molecule has 0 N–H and O–H groups in total. The predicted octanol–water partition coefficient (Wildman–Crippen LogP) is 5.12. The van der Waals surface area contributed by atoms with E-state index in [1.165, 1.54) is 0 Å². The van der Waals surface area contributed by atoms with Gasteiger partial charge in [0.2, 0.25) is 0 Å². The van der Waals surface area contributed by atoms with Crippen molar-refractivity contribution < 1.29 is 9.59 Å². The van der Waals surface area contributed by atoms with Crippen molar-refractivity contribution in [1.82, 2.24) is 9.80 Å². The number of nitrogens with zero attached hydrogens (tertiary/aromatic N) is 2. The molecule has 0 unspecified atom stereocenters. The molecule has 4 rings (SSSR count). The van der Waals surface area contributed by atoms with Gasteiger partial charge in [0.25, 0.3) is 11.8 Å². The molecule has 2 aromatic carbocycles. The molecule has 2 aliphatic heterocycles.